The summed E-state index contributed by atoms with van der Waals surface area (Å²) in [6, 6.07) is 15.8. The second-order valence-corrected chi connectivity index (χ2v) is 6.07. The van der Waals surface area contributed by atoms with Gasteiger partial charge in [0, 0.05) is 17.3 Å². The van der Waals surface area contributed by atoms with Crippen LogP contribution in [-0.4, -0.2) is 25.3 Å². The molecule has 2 heterocycles. The van der Waals surface area contributed by atoms with Gasteiger partial charge < -0.3 is 28.7 Å². The molecule has 0 radical (unpaired) electrons. The van der Waals surface area contributed by atoms with Crippen molar-refractivity contribution in [1.82, 2.24) is 0 Å². The minimum absolute atomic E-state index is 0.00295. The van der Waals surface area contributed by atoms with Crippen molar-refractivity contribution in [3.63, 3.8) is 0 Å². The van der Waals surface area contributed by atoms with Gasteiger partial charge in [-0.1, -0.05) is 18.2 Å². The van der Waals surface area contributed by atoms with Crippen molar-refractivity contribution in [2.75, 3.05) is 18.7 Å². The molecule has 1 aliphatic rings. The lowest BCUT2D eigenvalue weighted by molar-refractivity contribution is -0.119. The van der Waals surface area contributed by atoms with Crippen LogP contribution in [0.2, 0.25) is 0 Å². The normalized spacial score (nSPS) is 11.7. The first-order valence-corrected chi connectivity index (χ1v) is 8.80. The molecule has 3 aromatic rings. The van der Waals surface area contributed by atoms with Gasteiger partial charge in [0.25, 0.3) is 5.91 Å². The zero-order valence-electron chi connectivity index (χ0n) is 15.3. The Morgan fingerprint density at radius 2 is 1.83 bits per heavy atom. The van der Waals surface area contributed by atoms with E-state index in [4.69, 9.17) is 23.4 Å². The zero-order valence-corrected chi connectivity index (χ0v) is 15.3. The van der Waals surface area contributed by atoms with Gasteiger partial charge in [-0.3, -0.25) is 4.79 Å². The highest BCUT2D eigenvalue weighted by Crippen LogP contribution is 2.34. The molecule has 0 atom stereocenters. The van der Waals surface area contributed by atoms with Crippen LogP contribution in [-0.2, 0) is 16.1 Å². The van der Waals surface area contributed by atoms with E-state index in [1.165, 1.54) is 6.26 Å². The van der Waals surface area contributed by atoms with E-state index < -0.39 is 18.5 Å². The monoisotopic (exact) mass is 395 g/mol. The van der Waals surface area contributed by atoms with E-state index in [0.29, 0.717) is 28.5 Å². The molecular formula is C21H17NO7. The Bertz CT molecular complexity index is 1010. The van der Waals surface area contributed by atoms with Crippen molar-refractivity contribution >= 4 is 17.6 Å². The lowest BCUT2D eigenvalue weighted by Crippen LogP contribution is -2.21. The number of ether oxygens (including phenoxy) is 4. The van der Waals surface area contributed by atoms with Crippen LogP contribution in [0.4, 0.5) is 5.69 Å². The Balaban J connectivity index is 1.29. The number of fused-ring (bicyclic) bond motifs is 1. The molecule has 0 bridgehead atoms. The van der Waals surface area contributed by atoms with Gasteiger partial charge >= 0.3 is 5.97 Å². The van der Waals surface area contributed by atoms with Gasteiger partial charge in [0.2, 0.25) is 12.6 Å². The van der Waals surface area contributed by atoms with Crippen molar-refractivity contribution in [3.05, 3.63) is 72.2 Å². The number of hydrogen-bond donors (Lipinski definition) is 1. The standard InChI is InChI=1S/C21H17NO7/c23-19(22-15-6-7-17-18(10-15)29-13-28-17)12-27-21(24)20-14(8-9-25-20)11-26-16-4-2-1-3-5-16/h1-10H,11-13H2,(H,22,23). The molecule has 0 fully saturated rings. The zero-order chi connectivity index (χ0) is 20.1. The number of carbonyl (C=O) groups is 2. The molecule has 1 aromatic heterocycles. The summed E-state index contributed by atoms with van der Waals surface area (Å²) in [6.07, 6.45) is 1.37. The summed E-state index contributed by atoms with van der Waals surface area (Å²) in [5, 5.41) is 2.63. The smallest absolute Gasteiger partial charge is 0.375 e. The Hall–Kier alpha value is -3.94. The molecule has 0 saturated heterocycles. The van der Waals surface area contributed by atoms with Gasteiger partial charge in [-0.15, -0.1) is 0 Å². The van der Waals surface area contributed by atoms with Gasteiger partial charge in [-0.25, -0.2) is 4.79 Å². The minimum Gasteiger partial charge on any atom is -0.489 e. The van der Waals surface area contributed by atoms with E-state index in [0.717, 1.165) is 0 Å². The van der Waals surface area contributed by atoms with Gasteiger partial charge in [0.1, 0.15) is 12.4 Å². The summed E-state index contributed by atoms with van der Waals surface area (Å²) in [4.78, 5) is 24.3. The number of nitrogens with one attached hydrogen (secondary N) is 1. The molecule has 4 rings (SSSR count). The molecule has 2 aromatic carbocycles. The van der Waals surface area contributed by atoms with Crippen LogP contribution in [0.5, 0.6) is 17.2 Å². The highest BCUT2D eigenvalue weighted by atomic mass is 16.7. The highest BCUT2D eigenvalue weighted by molar-refractivity contribution is 5.95. The van der Waals surface area contributed by atoms with Crippen LogP contribution in [0.3, 0.4) is 0 Å². The summed E-state index contributed by atoms with van der Waals surface area (Å²) in [6.45, 7) is -0.189. The Kier molecular flexibility index (Phi) is 5.33. The number of carbonyl (C=O) groups excluding carboxylic acids is 2. The van der Waals surface area contributed by atoms with Crippen molar-refractivity contribution in [1.29, 1.82) is 0 Å². The lowest BCUT2D eigenvalue weighted by atomic mass is 10.2. The van der Waals surface area contributed by atoms with Crippen LogP contribution < -0.4 is 19.5 Å². The molecule has 0 unspecified atom stereocenters. The molecule has 1 N–H and O–H groups in total. The predicted octanol–water partition coefficient (Wildman–Crippen LogP) is 3.38. The molecule has 0 saturated carbocycles. The maximum absolute atomic E-state index is 12.3. The molecule has 8 heteroatoms. The average Bonchev–Trinajstić information content (AvgIpc) is 3.40. The highest BCUT2D eigenvalue weighted by Gasteiger charge is 2.19. The summed E-state index contributed by atoms with van der Waals surface area (Å²) in [5.74, 6) is 0.567. The van der Waals surface area contributed by atoms with Crippen molar-refractivity contribution in [2.24, 2.45) is 0 Å². The van der Waals surface area contributed by atoms with E-state index in [-0.39, 0.29) is 19.2 Å². The molecule has 148 valence electrons. The minimum atomic E-state index is -0.748. The topological polar surface area (TPSA) is 96.2 Å². The predicted molar refractivity (Wildman–Crippen MR) is 101 cm³/mol. The number of esters is 1. The number of benzene rings is 2. The lowest BCUT2D eigenvalue weighted by Gasteiger charge is -2.08. The first-order chi connectivity index (χ1) is 14.2. The fourth-order valence-electron chi connectivity index (χ4n) is 2.67. The Morgan fingerprint density at radius 1 is 1.00 bits per heavy atom. The average molecular weight is 395 g/mol. The van der Waals surface area contributed by atoms with Crippen LogP contribution in [0.15, 0.2) is 65.3 Å². The number of furan rings is 1. The molecule has 1 aliphatic heterocycles. The van der Waals surface area contributed by atoms with Crippen molar-refractivity contribution < 1.29 is 33.0 Å². The second kappa shape index (κ2) is 8.39. The summed E-state index contributed by atoms with van der Waals surface area (Å²) in [5.41, 5.74) is 1.03. The van der Waals surface area contributed by atoms with E-state index in [2.05, 4.69) is 5.32 Å². The number of hydrogen-bond acceptors (Lipinski definition) is 7. The largest absolute Gasteiger partial charge is 0.489 e. The number of rotatable bonds is 7. The van der Waals surface area contributed by atoms with Crippen LogP contribution >= 0.6 is 0 Å². The fourth-order valence-corrected chi connectivity index (χ4v) is 2.67. The number of amides is 1. The summed E-state index contributed by atoms with van der Waals surface area (Å²) in [7, 11) is 0. The van der Waals surface area contributed by atoms with Crippen LogP contribution in [0.1, 0.15) is 16.1 Å². The third-order valence-electron chi connectivity index (χ3n) is 4.06. The Morgan fingerprint density at radius 3 is 2.69 bits per heavy atom. The van der Waals surface area contributed by atoms with E-state index in [1.54, 1.807) is 36.4 Å². The third-order valence-corrected chi connectivity index (χ3v) is 4.06. The number of para-hydroxylation sites is 1. The quantitative estimate of drug-likeness (QED) is 0.613. The van der Waals surface area contributed by atoms with Crippen LogP contribution in [0.25, 0.3) is 0 Å². The van der Waals surface area contributed by atoms with E-state index in [9.17, 15) is 9.59 Å². The van der Waals surface area contributed by atoms with Gasteiger partial charge in [-0.05, 0) is 30.3 Å². The molecular weight excluding hydrogens is 378 g/mol. The maximum Gasteiger partial charge on any atom is 0.375 e. The van der Waals surface area contributed by atoms with E-state index >= 15 is 0 Å². The van der Waals surface area contributed by atoms with Crippen molar-refractivity contribution in [3.8, 4) is 17.2 Å². The molecule has 29 heavy (non-hydrogen) atoms. The number of anilines is 1. The second-order valence-electron chi connectivity index (χ2n) is 6.07. The van der Waals surface area contributed by atoms with Gasteiger partial charge in [0.05, 0.1) is 6.26 Å². The first kappa shape index (κ1) is 18.4. The van der Waals surface area contributed by atoms with E-state index in [1.807, 2.05) is 18.2 Å². The van der Waals surface area contributed by atoms with Gasteiger partial charge in [-0.2, -0.15) is 0 Å². The Labute approximate surface area is 165 Å². The maximum atomic E-state index is 12.3. The summed E-state index contributed by atoms with van der Waals surface area (Å²) < 4.78 is 26.3. The van der Waals surface area contributed by atoms with Gasteiger partial charge in [0.15, 0.2) is 18.1 Å². The summed E-state index contributed by atoms with van der Waals surface area (Å²) >= 11 is 0. The molecule has 1 amide bonds. The molecule has 0 spiro atoms. The molecule has 8 nitrogen and oxygen atoms in total. The van der Waals surface area contributed by atoms with Crippen molar-refractivity contribution in [2.45, 2.75) is 6.61 Å². The fraction of sp³-hybridized carbons (Fsp3) is 0.143. The molecule has 0 aliphatic carbocycles. The van der Waals surface area contributed by atoms with Crippen LogP contribution in [0, 0.1) is 0 Å². The SMILES string of the molecule is O=C(COC(=O)c1occc1COc1ccccc1)Nc1ccc2c(c1)OCO2. The first-order valence-electron chi connectivity index (χ1n) is 8.80. The third kappa shape index (κ3) is 4.49.